The highest BCUT2D eigenvalue weighted by Crippen LogP contribution is 2.13. The van der Waals surface area contributed by atoms with E-state index >= 15 is 0 Å². The molecule has 24 heavy (non-hydrogen) atoms. The van der Waals surface area contributed by atoms with E-state index in [0.717, 1.165) is 18.7 Å². The SMILES string of the molecule is O=C(NC(CO)c1cccnc1)c1cc(CN2CCOCC2)on1. The largest absolute Gasteiger partial charge is 0.394 e. The molecule has 0 aromatic carbocycles. The molecule has 0 bridgehead atoms. The Morgan fingerprint density at radius 1 is 1.42 bits per heavy atom. The fourth-order valence-electron chi connectivity index (χ4n) is 2.52. The van der Waals surface area contributed by atoms with Gasteiger partial charge in [-0.25, -0.2) is 0 Å². The van der Waals surface area contributed by atoms with Gasteiger partial charge in [-0.05, 0) is 11.6 Å². The van der Waals surface area contributed by atoms with Crippen LogP contribution in [0.25, 0.3) is 0 Å². The van der Waals surface area contributed by atoms with Crippen molar-refractivity contribution < 1.29 is 19.2 Å². The molecule has 8 nitrogen and oxygen atoms in total. The molecule has 1 aliphatic rings. The first-order chi connectivity index (χ1) is 11.8. The molecule has 2 aromatic heterocycles. The Morgan fingerprint density at radius 3 is 2.96 bits per heavy atom. The predicted molar refractivity (Wildman–Crippen MR) is 84.1 cm³/mol. The molecule has 1 saturated heterocycles. The van der Waals surface area contributed by atoms with Gasteiger partial charge in [-0.2, -0.15) is 0 Å². The maximum Gasteiger partial charge on any atom is 0.274 e. The van der Waals surface area contributed by atoms with Crippen molar-refractivity contribution in [1.82, 2.24) is 20.4 Å². The van der Waals surface area contributed by atoms with Gasteiger partial charge in [0.2, 0.25) is 0 Å². The second kappa shape index (κ2) is 8.00. The second-order valence-electron chi connectivity index (χ2n) is 5.56. The van der Waals surface area contributed by atoms with Crippen LogP contribution in [0.15, 0.2) is 35.1 Å². The van der Waals surface area contributed by atoms with Crippen molar-refractivity contribution in [2.75, 3.05) is 32.9 Å². The number of amides is 1. The number of carbonyl (C=O) groups is 1. The van der Waals surface area contributed by atoms with Crippen LogP contribution in [0.5, 0.6) is 0 Å². The van der Waals surface area contributed by atoms with E-state index in [9.17, 15) is 9.90 Å². The molecule has 8 heteroatoms. The third-order valence-corrected chi connectivity index (χ3v) is 3.85. The first-order valence-electron chi connectivity index (χ1n) is 7.83. The number of aromatic nitrogens is 2. The Labute approximate surface area is 139 Å². The minimum atomic E-state index is -0.536. The number of pyridine rings is 1. The van der Waals surface area contributed by atoms with Crippen molar-refractivity contribution >= 4 is 5.91 Å². The molecule has 0 aliphatic carbocycles. The number of hydrogen-bond donors (Lipinski definition) is 2. The molecule has 1 unspecified atom stereocenters. The lowest BCUT2D eigenvalue weighted by atomic mass is 10.1. The summed E-state index contributed by atoms with van der Waals surface area (Å²) in [6.07, 6.45) is 3.24. The van der Waals surface area contributed by atoms with Gasteiger partial charge in [0.1, 0.15) is 0 Å². The molecule has 1 amide bonds. The van der Waals surface area contributed by atoms with Gasteiger partial charge in [-0.1, -0.05) is 11.2 Å². The third-order valence-electron chi connectivity index (χ3n) is 3.85. The van der Waals surface area contributed by atoms with E-state index in [-0.39, 0.29) is 12.3 Å². The molecular formula is C16H20N4O4. The average molecular weight is 332 g/mol. The monoisotopic (exact) mass is 332 g/mol. The van der Waals surface area contributed by atoms with Gasteiger partial charge >= 0.3 is 0 Å². The number of morpholine rings is 1. The zero-order valence-electron chi connectivity index (χ0n) is 13.2. The van der Waals surface area contributed by atoms with Crippen LogP contribution < -0.4 is 5.32 Å². The molecule has 1 fully saturated rings. The summed E-state index contributed by atoms with van der Waals surface area (Å²) in [5, 5.41) is 16.0. The van der Waals surface area contributed by atoms with Crippen LogP contribution in [0.2, 0.25) is 0 Å². The third kappa shape index (κ3) is 4.16. The first-order valence-corrected chi connectivity index (χ1v) is 7.83. The van der Waals surface area contributed by atoms with Gasteiger partial charge in [-0.3, -0.25) is 14.7 Å². The Hall–Kier alpha value is -2.29. The van der Waals surface area contributed by atoms with E-state index in [2.05, 4.69) is 20.4 Å². The normalized spacial score (nSPS) is 16.7. The van der Waals surface area contributed by atoms with Gasteiger partial charge in [0, 0.05) is 31.5 Å². The van der Waals surface area contributed by atoms with Crippen molar-refractivity contribution in [3.8, 4) is 0 Å². The summed E-state index contributed by atoms with van der Waals surface area (Å²) in [5.74, 6) is 0.235. The van der Waals surface area contributed by atoms with E-state index in [1.807, 2.05) is 0 Å². The summed E-state index contributed by atoms with van der Waals surface area (Å²) in [5.41, 5.74) is 0.922. The van der Waals surface area contributed by atoms with Crippen LogP contribution in [0.4, 0.5) is 0 Å². The number of nitrogens with one attached hydrogen (secondary N) is 1. The molecule has 0 spiro atoms. The number of rotatable bonds is 6. The van der Waals surface area contributed by atoms with Crippen LogP contribution in [-0.2, 0) is 11.3 Å². The Morgan fingerprint density at radius 2 is 2.25 bits per heavy atom. The molecule has 2 aromatic rings. The highest BCUT2D eigenvalue weighted by molar-refractivity contribution is 5.92. The van der Waals surface area contributed by atoms with Gasteiger partial charge in [-0.15, -0.1) is 0 Å². The smallest absolute Gasteiger partial charge is 0.274 e. The zero-order chi connectivity index (χ0) is 16.8. The molecule has 3 rings (SSSR count). The summed E-state index contributed by atoms with van der Waals surface area (Å²) in [4.78, 5) is 18.5. The summed E-state index contributed by atoms with van der Waals surface area (Å²) in [7, 11) is 0. The van der Waals surface area contributed by atoms with Crippen LogP contribution in [-0.4, -0.2) is 59.0 Å². The van der Waals surface area contributed by atoms with E-state index in [4.69, 9.17) is 9.26 Å². The Kier molecular flexibility index (Phi) is 5.52. The van der Waals surface area contributed by atoms with Gasteiger partial charge in [0.15, 0.2) is 11.5 Å². The first kappa shape index (κ1) is 16.6. The molecule has 2 N–H and O–H groups in total. The highest BCUT2D eigenvalue weighted by atomic mass is 16.5. The maximum atomic E-state index is 12.3. The standard InChI is InChI=1S/C16H20N4O4/c21-11-15(12-2-1-3-17-9-12)18-16(22)14-8-13(24-19-14)10-20-4-6-23-7-5-20/h1-3,8-9,15,21H,4-7,10-11H2,(H,18,22). The summed E-state index contributed by atoms with van der Waals surface area (Å²) in [6, 6.07) is 4.63. The summed E-state index contributed by atoms with van der Waals surface area (Å²) < 4.78 is 10.5. The number of aliphatic hydroxyl groups is 1. The zero-order valence-corrected chi connectivity index (χ0v) is 13.2. The maximum absolute atomic E-state index is 12.3. The Bertz CT molecular complexity index is 655. The van der Waals surface area contributed by atoms with Crippen LogP contribution in [0.3, 0.4) is 0 Å². The quantitative estimate of drug-likeness (QED) is 0.788. The molecule has 0 radical (unpaired) electrons. The van der Waals surface area contributed by atoms with Crippen molar-refractivity contribution in [2.24, 2.45) is 0 Å². The van der Waals surface area contributed by atoms with Crippen molar-refractivity contribution in [2.45, 2.75) is 12.6 Å². The number of aliphatic hydroxyl groups excluding tert-OH is 1. The fourth-order valence-corrected chi connectivity index (χ4v) is 2.52. The molecule has 1 atom stereocenters. The lowest BCUT2D eigenvalue weighted by Crippen LogP contribution is -2.35. The fraction of sp³-hybridized carbons (Fsp3) is 0.438. The van der Waals surface area contributed by atoms with Crippen LogP contribution >= 0.6 is 0 Å². The summed E-state index contributed by atoms with van der Waals surface area (Å²) >= 11 is 0. The topological polar surface area (TPSA) is 101 Å². The second-order valence-corrected chi connectivity index (χ2v) is 5.56. The molecule has 1 aliphatic heterocycles. The lowest BCUT2D eigenvalue weighted by molar-refractivity contribution is 0.0305. The molecule has 128 valence electrons. The Balaban J connectivity index is 1.60. The van der Waals surface area contributed by atoms with E-state index in [1.165, 1.54) is 0 Å². The minimum Gasteiger partial charge on any atom is -0.394 e. The number of carbonyl (C=O) groups excluding carboxylic acids is 1. The number of nitrogens with zero attached hydrogens (tertiary/aromatic N) is 3. The van der Waals surface area contributed by atoms with Crippen LogP contribution in [0.1, 0.15) is 27.9 Å². The van der Waals surface area contributed by atoms with Crippen molar-refractivity contribution in [3.63, 3.8) is 0 Å². The molecular weight excluding hydrogens is 312 g/mol. The van der Waals surface area contributed by atoms with Crippen molar-refractivity contribution in [1.29, 1.82) is 0 Å². The summed E-state index contributed by atoms with van der Waals surface area (Å²) in [6.45, 7) is 3.42. The van der Waals surface area contributed by atoms with E-state index in [1.54, 1.807) is 30.6 Å². The van der Waals surface area contributed by atoms with E-state index in [0.29, 0.717) is 25.5 Å². The molecule has 3 heterocycles. The number of ether oxygens (including phenoxy) is 1. The van der Waals surface area contributed by atoms with Gasteiger partial charge < -0.3 is 19.7 Å². The minimum absolute atomic E-state index is 0.195. The molecule has 0 saturated carbocycles. The van der Waals surface area contributed by atoms with Gasteiger partial charge in [0.05, 0.1) is 32.4 Å². The van der Waals surface area contributed by atoms with Crippen molar-refractivity contribution in [3.05, 3.63) is 47.6 Å². The highest BCUT2D eigenvalue weighted by Gasteiger charge is 2.20. The average Bonchev–Trinajstić information content (AvgIpc) is 3.10. The predicted octanol–water partition coefficient (Wildman–Crippen LogP) is 0.365. The number of hydrogen-bond acceptors (Lipinski definition) is 7. The van der Waals surface area contributed by atoms with E-state index < -0.39 is 11.9 Å². The lowest BCUT2D eigenvalue weighted by Gasteiger charge is -2.25. The van der Waals surface area contributed by atoms with Crippen LogP contribution in [0, 0.1) is 0 Å². The van der Waals surface area contributed by atoms with Gasteiger partial charge in [0.25, 0.3) is 5.91 Å².